The number of benzene rings is 2. The first-order valence-electron chi connectivity index (χ1n) is 9.29. The Balaban J connectivity index is 1.52. The number of nitrogens with zero attached hydrogens (tertiary/aromatic N) is 1. The normalized spacial score (nSPS) is 14.9. The molecule has 3 rings (SSSR count). The van der Waals surface area contributed by atoms with Gasteiger partial charge in [0, 0.05) is 36.3 Å². The van der Waals surface area contributed by atoms with Crippen molar-refractivity contribution in [1.29, 1.82) is 0 Å². The molecule has 1 heterocycles. The molecular formula is C21H22Cl2N2O3S. The highest BCUT2D eigenvalue weighted by Gasteiger charge is 2.18. The van der Waals surface area contributed by atoms with E-state index in [1.165, 1.54) is 0 Å². The van der Waals surface area contributed by atoms with Crippen molar-refractivity contribution in [3.63, 3.8) is 0 Å². The van der Waals surface area contributed by atoms with Crippen LogP contribution in [0, 0.1) is 0 Å². The molecule has 1 fully saturated rings. The molecule has 0 aliphatic carbocycles. The smallest absolute Gasteiger partial charge is 0.265 e. The summed E-state index contributed by atoms with van der Waals surface area (Å²) in [4.78, 5) is 26.6. The average Bonchev–Trinajstić information content (AvgIpc) is 2.72. The van der Waals surface area contributed by atoms with Crippen LogP contribution in [0.25, 0.3) is 0 Å². The summed E-state index contributed by atoms with van der Waals surface area (Å²) in [6.07, 6.45) is -0.346. The fraction of sp³-hybridized carbons (Fsp3) is 0.333. The number of carbonyl (C=O) groups excluding carboxylic acids is 2. The van der Waals surface area contributed by atoms with Gasteiger partial charge >= 0.3 is 0 Å². The number of thioether (sulfide) groups is 1. The summed E-state index contributed by atoms with van der Waals surface area (Å²) < 4.78 is 5.62. The molecule has 1 saturated heterocycles. The highest BCUT2D eigenvalue weighted by Crippen LogP contribution is 2.27. The number of rotatable bonds is 6. The van der Waals surface area contributed by atoms with Crippen LogP contribution in [0.4, 0.5) is 5.69 Å². The number of carbonyl (C=O) groups is 2. The molecule has 0 saturated carbocycles. The summed E-state index contributed by atoms with van der Waals surface area (Å²) >= 11 is 13.7. The molecule has 0 radical (unpaired) electrons. The van der Waals surface area contributed by atoms with Crippen LogP contribution < -0.4 is 10.1 Å². The Morgan fingerprint density at radius 1 is 1.10 bits per heavy atom. The van der Waals surface area contributed by atoms with Gasteiger partial charge in [-0.1, -0.05) is 35.3 Å². The lowest BCUT2D eigenvalue weighted by Gasteiger charge is -2.26. The molecule has 0 aromatic heterocycles. The molecule has 1 N–H and O–H groups in total. The summed E-state index contributed by atoms with van der Waals surface area (Å²) in [6.45, 7) is 3.28. The molecule has 1 unspecified atom stereocenters. The van der Waals surface area contributed by atoms with E-state index in [-0.39, 0.29) is 11.8 Å². The van der Waals surface area contributed by atoms with Gasteiger partial charge < -0.3 is 15.0 Å². The molecule has 2 amide bonds. The van der Waals surface area contributed by atoms with Gasteiger partial charge in [0.15, 0.2) is 6.10 Å². The maximum Gasteiger partial charge on any atom is 0.265 e. The third-order valence-electron chi connectivity index (χ3n) is 4.51. The lowest BCUT2D eigenvalue weighted by molar-refractivity contribution is -0.130. The van der Waals surface area contributed by atoms with E-state index in [4.69, 9.17) is 27.9 Å². The van der Waals surface area contributed by atoms with Gasteiger partial charge in [-0.25, -0.2) is 0 Å². The Labute approximate surface area is 184 Å². The summed E-state index contributed by atoms with van der Waals surface area (Å²) in [7, 11) is 0. The molecule has 29 heavy (non-hydrogen) atoms. The minimum atomic E-state index is -0.717. The lowest BCUT2D eigenvalue weighted by Crippen LogP contribution is -2.38. The van der Waals surface area contributed by atoms with Crippen LogP contribution in [-0.4, -0.2) is 47.4 Å². The first kappa shape index (κ1) is 21.8. The molecular weight excluding hydrogens is 431 g/mol. The standard InChI is InChI=1S/C21H22Cl2N2O3S/c1-14(28-17-6-7-18(22)19(23)13-17)21(27)24-16-4-2-15(3-5-16)12-20(26)25-8-10-29-11-9-25/h2-7,13-14H,8-12H2,1H3,(H,24,27). The van der Waals surface area contributed by atoms with Crippen LogP contribution in [0.1, 0.15) is 12.5 Å². The molecule has 1 aliphatic rings. The van der Waals surface area contributed by atoms with Gasteiger partial charge in [-0.05, 0) is 36.8 Å². The highest BCUT2D eigenvalue weighted by molar-refractivity contribution is 7.99. The SMILES string of the molecule is CC(Oc1ccc(Cl)c(Cl)c1)C(=O)Nc1ccc(CC(=O)N2CCSCC2)cc1. The summed E-state index contributed by atoms with van der Waals surface area (Å²) in [5, 5.41) is 3.60. The molecule has 2 aromatic rings. The van der Waals surface area contributed by atoms with Crippen molar-refractivity contribution in [1.82, 2.24) is 4.90 Å². The fourth-order valence-electron chi connectivity index (χ4n) is 2.86. The van der Waals surface area contributed by atoms with E-state index in [1.54, 1.807) is 37.3 Å². The maximum atomic E-state index is 12.4. The van der Waals surface area contributed by atoms with Gasteiger partial charge in [-0.2, -0.15) is 11.8 Å². The number of nitrogens with one attached hydrogen (secondary N) is 1. The fourth-order valence-corrected chi connectivity index (χ4v) is 4.05. The van der Waals surface area contributed by atoms with Gasteiger partial charge in [-0.15, -0.1) is 0 Å². The van der Waals surface area contributed by atoms with Crippen molar-refractivity contribution in [2.24, 2.45) is 0 Å². The summed E-state index contributed by atoms with van der Waals surface area (Å²) in [5.74, 6) is 2.32. The number of amides is 2. The second kappa shape index (κ2) is 10.2. The van der Waals surface area contributed by atoms with Crippen molar-refractivity contribution in [2.75, 3.05) is 29.9 Å². The predicted octanol–water partition coefficient (Wildman–Crippen LogP) is 4.52. The van der Waals surface area contributed by atoms with Crippen molar-refractivity contribution >= 4 is 52.5 Å². The quantitative estimate of drug-likeness (QED) is 0.699. The van der Waals surface area contributed by atoms with Crippen LogP contribution in [0.5, 0.6) is 5.75 Å². The number of hydrogen-bond donors (Lipinski definition) is 1. The molecule has 0 spiro atoms. The van der Waals surface area contributed by atoms with Crippen molar-refractivity contribution < 1.29 is 14.3 Å². The van der Waals surface area contributed by atoms with E-state index in [0.29, 0.717) is 27.9 Å². The predicted molar refractivity (Wildman–Crippen MR) is 119 cm³/mol. The third kappa shape index (κ3) is 6.29. The third-order valence-corrected chi connectivity index (χ3v) is 6.20. The maximum absolute atomic E-state index is 12.4. The van der Waals surface area contributed by atoms with Gasteiger partial charge in [0.2, 0.25) is 5.91 Å². The van der Waals surface area contributed by atoms with E-state index < -0.39 is 6.10 Å². The first-order valence-corrected chi connectivity index (χ1v) is 11.2. The molecule has 154 valence electrons. The Morgan fingerprint density at radius 2 is 1.79 bits per heavy atom. The number of ether oxygens (including phenoxy) is 1. The minimum Gasteiger partial charge on any atom is -0.481 e. The van der Waals surface area contributed by atoms with E-state index in [0.717, 1.165) is 30.2 Å². The first-order chi connectivity index (χ1) is 13.9. The molecule has 5 nitrogen and oxygen atoms in total. The van der Waals surface area contributed by atoms with Crippen molar-refractivity contribution in [3.05, 3.63) is 58.1 Å². The molecule has 1 aliphatic heterocycles. The van der Waals surface area contributed by atoms with E-state index in [9.17, 15) is 9.59 Å². The minimum absolute atomic E-state index is 0.144. The van der Waals surface area contributed by atoms with Crippen LogP contribution >= 0.6 is 35.0 Å². The van der Waals surface area contributed by atoms with E-state index >= 15 is 0 Å². The monoisotopic (exact) mass is 452 g/mol. The molecule has 8 heteroatoms. The van der Waals surface area contributed by atoms with E-state index in [1.807, 2.05) is 28.8 Å². The second-order valence-corrected chi connectivity index (χ2v) is 8.73. The van der Waals surface area contributed by atoms with Crippen LogP contribution in [-0.2, 0) is 16.0 Å². The number of anilines is 1. The Morgan fingerprint density at radius 3 is 2.45 bits per heavy atom. The average molecular weight is 453 g/mol. The zero-order chi connectivity index (χ0) is 20.8. The summed E-state index contributed by atoms with van der Waals surface area (Å²) in [5.41, 5.74) is 1.57. The zero-order valence-electron chi connectivity index (χ0n) is 16.0. The highest BCUT2D eigenvalue weighted by atomic mass is 35.5. The second-order valence-electron chi connectivity index (χ2n) is 6.69. The molecule has 2 aromatic carbocycles. The van der Waals surface area contributed by atoms with Gasteiger partial charge in [0.1, 0.15) is 5.75 Å². The Hall–Kier alpha value is -1.89. The van der Waals surface area contributed by atoms with Crippen LogP contribution in [0.3, 0.4) is 0 Å². The Kier molecular flexibility index (Phi) is 7.70. The molecule has 1 atom stereocenters. The van der Waals surface area contributed by atoms with E-state index in [2.05, 4.69) is 5.32 Å². The summed E-state index contributed by atoms with van der Waals surface area (Å²) in [6, 6.07) is 12.1. The number of hydrogen-bond acceptors (Lipinski definition) is 4. The topological polar surface area (TPSA) is 58.6 Å². The van der Waals surface area contributed by atoms with Gasteiger partial charge in [0.05, 0.1) is 16.5 Å². The van der Waals surface area contributed by atoms with Gasteiger partial charge in [-0.3, -0.25) is 9.59 Å². The van der Waals surface area contributed by atoms with Crippen LogP contribution in [0.2, 0.25) is 10.0 Å². The lowest BCUT2D eigenvalue weighted by atomic mass is 10.1. The van der Waals surface area contributed by atoms with Crippen molar-refractivity contribution in [3.8, 4) is 5.75 Å². The molecule has 0 bridgehead atoms. The van der Waals surface area contributed by atoms with Crippen LogP contribution in [0.15, 0.2) is 42.5 Å². The Bertz CT molecular complexity index is 871. The van der Waals surface area contributed by atoms with Gasteiger partial charge in [0.25, 0.3) is 5.91 Å². The zero-order valence-corrected chi connectivity index (χ0v) is 18.3. The van der Waals surface area contributed by atoms with Crippen molar-refractivity contribution in [2.45, 2.75) is 19.4 Å². The number of halogens is 2. The largest absolute Gasteiger partial charge is 0.481 e.